The van der Waals surface area contributed by atoms with E-state index >= 15 is 0 Å². The molecule has 7 nitrogen and oxygen atoms in total. The average molecular weight is 618 g/mol. The van der Waals surface area contributed by atoms with Crippen molar-refractivity contribution in [3.05, 3.63) is 168 Å². The van der Waals surface area contributed by atoms with E-state index in [4.69, 9.17) is 19.4 Å². The smallest absolute Gasteiger partial charge is 0.318 e. The zero-order chi connectivity index (χ0) is 32.1. The second-order valence-electron chi connectivity index (χ2n) is 11.3. The summed E-state index contributed by atoms with van der Waals surface area (Å²) >= 11 is 0. The number of methoxy groups -OCH3 is 2. The molecule has 47 heavy (non-hydrogen) atoms. The fourth-order valence-corrected chi connectivity index (χ4v) is 6.20. The van der Waals surface area contributed by atoms with Gasteiger partial charge in [-0.2, -0.15) is 9.97 Å². The first-order valence-electron chi connectivity index (χ1n) is 15.6. The van der Waals surface area contributed by atoms with Crippen molar-refractivity contribution in [2.24, 2.45) is 0 Å². The van der Waals surface area contributed by atoms with Crippen molar-refractivity contribution in [3.63, 3.8) is 0 Å². The van der Waals surface area contributed by atoms with Gasteiger partial charge in [0.05, 0.1) is 30.9 Å². The van der Waals surface area contributed by atoms with Gasteiger partial charge in [0.25, 0.3) is 0 Å². The van der Waals surface area contributed by atoms with Crippen LogP contribution in [-0.2, 0) is 11.8 Å². The minimum atomic E-state index is -0.665. The standard InChI is InChI=1S/C40H35N5O2/c1-46-33-21-18-28(19-22-33)24-25-41-37-27-35(44-39(45-37)47-2)29-20-23-34-36(26-29)43-38(42-34)40(30-12-6-3-7-13-30,31-14-8-4-9-15-31)32-16-10-5-11-17-32/h3-23,26-27H,24-25H2,1-2H3,(H,42,43)(H,41,44,45). The van der Waals surface area contributed by atoms with Gasteiger partial charge in [-0.15, -0.1) is 0 Å². The van der Waals surface area contributed by atoms with E-state index in [0.717, 1.165) is 57.0 Å². The van der Waals surface area contributed by atoms with Crippen LogP contribution in [0.4, 0.5) is 5.82 Å². The summed E-state index contributed by atoms with van der Waals surface area (Å²) in [5.74, 6) is 2.38. The van der Waals surface area contributed by atoms with Crippen LogP contribution >= 0.6 is 0 Å². The van der Waals surface area contributed by atoms with Gasteiger partial charge in [0.1, 0.15) is 22.8 Å². The Balaban J connectivity index is 1.27. The maximum absolute atomic E-state index is 5.49. The lowest BCUT2D eigenvalue weighted by Crippen LogP contribution is -2.32. The number of aromatic amines is 1. The molecule has 0 aliphatic rings. The highest BCUT2D eigenvalue weighted by atomic mass is 16.5. The van der Waals surface area contributed by atoms with E-state index in [1.165, 1.54) is 5.56 Å². The SMILES string of the molecule is COc1ccc(CCNc2cc(-c3ccc4nc(C(c5ccccc5)(c5ccccc5)c5ccccc5)[nH]c4c3)nc(OC)n2)cc1. The molecule has 0 unspecified atom stereocenters. The average Bonchev–Trinajstić information content (AvgIpc) is 3.57. The minimum absolute atomic E-state index is 0.302. The van der Waals surface area contributed by atoms with Gasteiger partial charge < -0.3 is 19.8 Å². The van der Waals surface area contributed by atoms with Crippen LogP contribution in [-0.4, -0.2) is 40.7 Å². The zero-order valence-electron chi connectivity index (χ0n) is 26.4. The molecule has 7 rings (SSSR count). The van der Waals surface area contributed by atoms with Crippen LogP contribution in [0.2, 0.25) is 0 Å². The third-order valence-electron chi connectivity index (χ3n) is 8.52. The van der Waals surface area contributed by atoms with Crippen molar-refractivity contribution in [2.45, 2.75) is 11.8 Å². The van der Waals surface area contributed by atoms with E-state index in [1.54, 1.807) is 14.2 Å². The molecule has 0 radical (unpaired) electrons. The summed E-state index contributed by atoms with van der Waals surface area (Å²) in [5.41, 5.74) is 7.39. The number of rotatable bonds is 11. The second kappa shape index (κ2) is 13.2. The van der Waals surface area contributed by atoms with Crippen molar-refractivity contribution in [1.29, 1.82) is 0 Å². The van der Waals surface area contributed by atoms with Crippen molar-refractivity contribution >= 4 is 16.9 Å². The number of imidazole rings is 1. The van der Waals surface area contributed by atoms with Gasteiger partial charge in [0, 0.05) is 18.2 Å². The molecule has 7 heteroatoms. The van der Waals surface area contributed by atoms with Crippen LogP contribution < -0.4 is 14.8 Å². The van der Waals surface area contributed by atoms with Gasteiger partial charge in [0.15, 0.2) is 0 Å². The number of aromatic nitrogens is 4. The molecule has 2 heterocycles. The molecule has 0 amide bonds. The lowest BCUT2D eigenvalue weighted by molar-refractivity contribution is 0.381. The van der Waals surface area contributed by atoms with Gasteiger partial charge in [0.2, 0.25) is 0 Å². The first-order valence-corrected chi connectivity index (χ1v) is 15.6. The summed E-state index contributed by atoms with van der Waals surface area (Å²) < 4.78 is 10.8. The predicted octanol–water partition coefficient (Wildman–Crippen LogP) is 8.07. The van der Waals surface area contributed by atoms with Crippen LogP contribution in [0.15, 0.2) is 140 Å². The van der Waals surface area contributed by atoms with Crippen LogP contribution in [0.25, 0.3) is 22.3 Å². The van der Waals surface area contributed by atoms with E-state index in [2.05, 4.69) is 106 Å². The highest BCUT2D eigenvalue weighted by molar-refractivity contribution is 5.82. The highest BCUT2D eigenvalue weighted by Crippen LogP contribution is 2.44. The Morgan fingerprint density at radius 2 is 1.26 bits per heavy atom. The first-order chi connectivity index (χ1) is 23.2. The van der Waals surface area contributed by atoms with Crippen LogP contribution in [0.5, 0.6) is 11.8 Å². The van der Waals surface area contributed by atoms with E-state index in [-0.39, 0.29) is 0 Å². The Labute approximate surface area is 274 Å². The van der Waals surface area contributed by atoms with Crippen LogP contribution in [0.1, 0.15) is 28.1 Å². The van der Waals surface area contributed by atoms with Gasteiger partial charge in [-0.25, -0.2) is 4.98 Å². The first kappa shape index (κ1) is 29.7. The second-order valence-corrected chi connectivity index (χ2v) is 11.3. The summed E-state index contributed by atoms with van der Waals surface area (Å²) in [5, 5.41) is 3.44. The molecule has 0 aliphatic heterocycles. The zero-order valence-corrected chi connectivity index (χ0v) is 26.4. The number of benzene rings is 5. The number of hydrogen-bond acceptors (Lipinski definition) is 6. The summed E-state index contributed by atoms with van der Waals surface area (Å²) in [6, 6.07) is 48.2. The molecule has 0 bridgehead atoms. The third kappa shape index (κ3) is 5.91. The van der Waals surface area contributed by atoms with Gasteiger partial charge in [-0.3, -0.25) is 0 Å². The number of anilines is 1. The van der Waals surface area contributed by atoms with Crippen molar-refractivity contribution in [3.8, 4) is 23.0 Å². The molecule has 7 aromatic rings. The van der Waals surface area contributed by atoms with Crippen molar-refractivity contribution < 1.29 is 9.47 Å². The number of fused-ring (bicyclic) bond motifs is 1. The molecule has 0 saturated carbocycles. The van der Waals surface area contributed by atoms with Crippen LogP contribution in [0, 0.1) is 0 Å². The Morgan fingerprint density at radius 3 is 1.83 bits per heavy atom. The summed E-state index contributed by atoms with van der Waals surface area (Å²) in [6.45, 7) is 0.704. The van der Waals surface area contributed by atoms with E-state index in [9.17, 15) is 0 Å². The van der Waals surface area contributed by atoms with Gasteiger partial charge >= 0.3 is 6.01 Å². The van der Waals surface area contributed by atoms with Crippen molar-refractivity contribution in [1.82, 2.24) is 19.9 Å². The Kier molecular flexibility index (Phi) is 8.35. The lowest BCUT2D eigenvalue weighted by Gasteiger charge is -2.34. The Hall–Kier alpha value is -5.95. The monoisotopic (exact) mass is 617 g/mol. The van der Waals surface area contributed by atoms with E-state index in [1.807, 2.05) is 48.5 Å². The summed E-state index contributed by atoms with van der Waals surface area (Å²) in [7, 11) is 3.26. The maximum atomic E-state index is 5.49. The molecule has 0 aliphatic carbocycles. The van der Waals surface area contributed by atoms with Gasteiger partial charge in [-0.05, 0) is 52.9 Å². The van der Waals surface area contributed by atoms with E-state index in [0.29, 0.717) is 18.4 Å². The lowest BCUT2D eigenvalue weighted by atomic mass is 9.69. The fraction of sp³-hybridized carbons (Fsp3) is 0.125. The molecule has 0 saturated heterocycles. The largest absolute Gasteiger partial charge is 0.497 e. The summed E-state index contributed by atoms with van der Waals surface area (Å²) in [4.78, 5) is 18.2. The normalized spacial score (nSPS) is 11.4. The predicted molar refractivity (Wildman–Crippen MR) is 187 cm³/mol. The van der Waals surface area contributed by atoms with Crippen molar-refractivity contribution in [2.75, 3.05) is 26.1 Å². The molecular formula is C40H35N5O2. The number of hydrogen-bond donors (Lipinski definition) is 2. The van der Waals surface area contributed by atoms with E-state index < -0.39 is 5.41 Å². The topological polar surface area (TPSA) is 85.0 Å². The number of nitrogens with zero attached hydrogens (tertiary/aromatic N) is 3. The van der Waals surface area contributed by atoms with Crippen LogP contribution in [0.3, 0.4) is 0 Å². The number of H-pyrrole nitrogens is 1. The minimum Gasteiger partial charge on any atom is -0.497 e. The number of nitrogens with one attached hydrogen (secondary N) is 2. The quantitative estimate of drug-likeness (QED) is 0.143. The fourth-order valence-electron chi connectivity index (χ4n) is 6.20. The van der Waals surface area contributed by atoms with Gasteiger partial charge in [-0.1, -0.05) is 109 Å². The molecular weight excluding hydrogens is 582 g/mol. The molecule has 0 spiro atoms. The maximum Gasteiger partial charge on any atom is 0.318 e. The molecule has 5 aromatic carbocycles. The third-order valence-corrected chi connectivity index (χ3v) is 8.52. The molecule has 0 fully saturated rings. The molecule has 232 valence electrons. The Bertz CT molecular complexity index is 1980. The Morgan fingerprint density at radius 1 is 0.638 bits per heavy atom. The summed E-state index contributed by atoms with van der Waals surface area (Å²) in [6.07, 6.45) is 0.834. The molecule has 2 N–H and O–H groups in total. The molecule has 0 atom stereocenters. The number of ether oxygens (including phenoxy) is 2. The molecule has 2 aromatic heterocycles. The highest BCUT2D eigenvalue weighted by Gasteiger charge is 2.41.